The van der Waals surface area contributed by atoms with Crippen molar-refractivity contribution in [2.45, 2.75) is 69.1 Å². The molecule has 0 N–H and O–H groups in total. The molecule has 5 nitrogen and oxygen atoms in total. The zero-order valence-electron chi connectivity index (χ0n) is 18.0. The highest BCUT2D eigenvalue weighted by Gasteiger charge is 2.50. The third-order valence-electron chi connectivity index (χ3n) is 7.61. The molecule has 30 heavy (non-hydrogen) atoms. The third kappa shape index (κ3) is 4.31. The van der Waals surface area contributed by atoms with Crippen molar-refractivity contribution in [2.24, 2.45) is 23.7 Å². The highest BCUT2D eigenvalue weighted by Crippen LogP contribution is 2.43. The second-order valence-electron chi connectivity index (χ2n) is 9.39. The molecule has 6 atom stereocenters. The Morgan fingerprint density at radius 1 is 1.07 bits per heavy atom. The Labute approximate surface area is 181 Å². The topological polar surface area (TPSA) is 63.7 Å². The normalized spacial score (nSPS) is 36.7. The van der Waals surface area contributed by atoms with Gasteiger partial charge in [-0.2, -0.15) is 0 Å². The summed E-state index contributed by atoms with van der Waals surface area (Å²) in [5, 5.41) is -0.698. The fraction of sp³-hybridized carbons (Fsp3) is 0.708. The number of sulfonamides is 1. The molecule has 1 amide bonds. The van der Waals surface area contributed by atoms with Crippen molar-refractivity contribution in [3.63, 3.8) is 0 Å². The molecule has 4 aliphatic rings. The fourth-order valence-electron chi connectivity index (χ4n) is 5.91. The van der Waals surface area contributed by atoms with Gasteiger partial charge in [0.25, 0.3) is 0 Å². The van der Waals surface area contributed by atoms with Crippen LogP contribution in [0.3, 0.4) is 0 Å². The first kappa shape index (κ1) is 21.8. The lowest BCUT2D eigenvalue weighted by molar-refractivity contribution is -0.127. The average Bonchev–Trinajstić information content (AvgIpc) is 2.96. The number of hydrogen-bond acceptors (Lipinski definition) is 4. The minimum Gasteiger partial charge on any atom is -0.377 e. The molecule has 3 aliphatic carbocycles. The van der Waals surface area contributed by atoms with E-state index in [-0.39, 0.29) is 5.91 Å². The maximum atomic E-state index is 12.6. The fourth-order valence-corrected chi connectivity index (χ4v) is 7.83. The molecule has 0 aromatic heterocycles. The summed E-state index contributed by atoms with van der Waals surface area (Å²) in [4.78, 5) is 12.5. The molecule has 166 valence electrons. The number of unbranched alkanes of at least 4 members (excludes halogenated alkanes) is 3. The van der Waals surface area contributed by atoms with E-state index in [0.717, 1.165) is 35.4 Å². The molecule has 0 radical (unpaired) electrons. The zero-order chi connectivity index (χ0) is 21.1. The lowest BCUT2D eigenvalue weighted by Crippen LogP contribution is -2.36. The van der Waals surface area contributed by atoms with Crippen molar-refractivity contribution in [2.75, 3.05) is 13.7 Å². The van der Waals surface area contributed by atoms with Gasteiger partial charge in [-0.1, -0.05) is 68.6 Å². The average molecular weight is 434 g/mol. The Morgan fingerprint density at radius 2 is 1.87 bits per heavy atom. The van der Waals surface area contributed by atoms with Crippen LogP contribution in [-0.2, 0) is 19.6 Å². The van der Waals surface area contributed by atoms with Crippen molar-refractivity contribution in [3.8, 4) is 0 Å². The zero-order valence-corrected chi connectivity index (χ0v) is 18.8. The summed E-state index contributed by atoms with van der Waals surface area (Å²) in [5.74, 6) is 1.48. The van der Waals surface area contributed by atoms with Crippen molar-refractivity contribution < 1.29 is 17.9 Å². The molecule has 1 saturated carbocycles. The van der Waals surface area contributed by atoms with Gasteiger partial charge in [-0.15, -0.1) is 0 Å². The van der Waals surface area contributed by atoms with Crippen LogP contribution in [0.2, 0.25) is 0 Å². The van der Waals surface area contributed by atoms with E-state index < -0.39 is 21.2 Å². The Kier molecular flexibility index (Phi) is 6.83. The van der Waals surface area contributed by atoms with E-state index in [1.807, 2.05) is 7.11 Å². The van der Waals surface area contributed by atoms with Gasteiger partial charge in [-0.3, -0.25) is 4.79 Å². The summed E-state index contributed by atoms with van der Waals surface area (Å²) in [6.07, 6.45) is 22.1. The van der Waals surface area contributed by atoms with Crippen molar-refractivity contribution in [1.82, 2.24) is 4.31 Å². The number of rotatable bonds is 8. The Morgan fingerprint density at radius 3 is 2.67 bits per heavy atom. The summed E-state index contributed by atoms with van der Waals surface area (Å²) >= 11 is 0. The molecule has 0 spiro atoms. The molecule has 6 heteroatoms. The maximum absolute atomic E-state index is 12.6. The number of amides is 1. The second-order valence-corrected chi connectivity index (χ2v) is 11.4. The highest BCUT2D eigenvalue weighted by molar-refractivity contribution is 7.91. The number of nitrogens with zero attached hydrogens (tertiary/aromatic N) is 1. The molecule has 0 aromatic rings. The minimum absolute atomic E-state index is 0.258. The van der Waals surface area contributed by atoms with E-state index >= 15 is 0 Å². The van der Waals surface area contributed by atoms with Crippen LogP contribution >= 0.6 is 0 Å². The molecular formula is C24H35NO4S. The van der Waals surface area contributed by atoms with Crippen LogP contribution in [0.5, 0.6) is 0 Å². The number of methoxy groups -OCH3 is 1. The quantitative estimate of drug-likeness (QED) is 0.425. The Hall–Kier alpha value is -1.40. The van der Waals surface area contributed by atoms with E-state index in [2.05, 4.69) is 12.2 Å². The van der Waals surface area contributed by atoms with Gasteiger partial charge in [0.05, 0.1) is 12.0 Å². The van der Waals surface area contributed by atoms with Crippen LogP contribution in [-0.4, -0.2) is 43.6 Å². The summed E-state index contributed by atoms with van der Waals surface area (Å²) in [7, 11) is -1.71. The van der Waals surface area contributed by atoms with Gasteiger partial charge in [0, 0.05) is 13.7 Å². The maximum Gasteiger partial charge on any atom is 0.244 e. The van der Waals surface area contributed by atoms with Crippen LogP contribution < -0.4 is 0 Å². The highest BCUT2D eigenvalue weighted by atomic mass is 32.2. The first-order chi connectivity index (χ1) is 14.5. The smallest absolute Gasteiger partial charge is 0.244 e. The van der Waals surface area contributed by atoms with Gasteiger partial charge >= 0.3 is 0 Å². The van der Waals surface area contributed by atoms with Crippen LogP contribution in [0.15, 0.2) is 36.5 Å². The molecule has 6 unspecified atom stereocenters. The van der Waals surface area contributed by atoms with E-state index in [1.165, 1.54) is 38.5 Å². The minimum atomic E-state index is -3.54. The number of ether oxygens (including phenoxy) is 1. The van der Waals surface area contributed by atoms with Crippen LogP contribution in [0.25, 0.3) is 0 Å². The monoisotopic (exact) mass is 433 g/mol. The molecule has 0 aromatic carbocycles. The van der Waals surface area contributed by atoms with Gasteiger partial charge < -0.3 is 4.74 Å². The third-order valence-corrected chi connectivity index (χ3v) is 9.72. The van der Waals surface area contributed by atoms with Gasteiger partial charge in [-0.25, -0.2) is 12.7 Å². The van der Waals surface area contributed by atoms with Gasteiger partial charge in [0.1, 0.15) is 5.25 Å². The molecule has 2 fully saturated rings. The molecule has 1 saturated heterocycles. The summed E-state index contributed by atoms with van der Waals surface area (Å²) in [6, 6.07) is 0. The van der Waals surface area contributed by atoms with Crippen molar-refractivity contribution in [1.29, 1.82) is 0 Å². The van der Waals surface area contributed by atoms with Crippen LogP contribution in [0.1, 0.15) is 57.8 Å². The van der Waals surface area contributed by atoms with Crippen molar-refractivity contribution in [3.05, 3.63) is 36.5 Å². The molecule has 1 aliphatic heterocycles. The Balaban J connectivity index is 1.17. The van der Waals surface area contributed by atoms with Gasteiger partial charge in [-0.05, 0) is 43.4 Å². The number of hydrogen-bond donors (Lipinski definition) is 0. The van der Waals surface area contributed by atoms with Crippen LogP contribution in [0, 0.1) is 23.7 Å². The van der Waals surface area contributed by atoms with E-state index in [4.69, 9.17) is 4.74 Å². The van der Waals surface area contributed by atoms with E-state index in [1.54, 1.807) is 24.3 Å². The standard InChI is InChI=1S/C24H35NO4S/c1-29-22-12-8-10-19-15-14-18(17-21(19)22)9-4-2-3-7-16-25-24(26)20-11-5-6-13-23(20)30(25,27)28/h5-6,8,11-13,18-23H,2-4,7,9-10,14-17H2,1H3. The lowest BCUT2D eigenvalue weighted by atomic mass is 9.67. The summed E-state index contributed by atoms with van der Waals surface area (Å²) < 4.78 is 32.1. The van der Waals surface area contributed by atoms with Gasteiger partial charge in [0.15, 0.2) is 0 Å². The SMILES string of the molecule is COC1C=CCC2CCC(CCCCCCN3C(=O)C4C=CC=CC4S3(=O)=O)CC21. The number of allylic oxidation sites excluding steroid dienone is 3. The number of fused-ring (bicyclic) bond motifs is 2. The van der Waals surface area contributed by atoms with Gasteiger partial charge in [0.2, 0.25) is 15.9 Å². The first-order valence-electron chi connectivity index (χ1n) is 11.6. The summed E-state index contributed by atoms with van der Waals surface area (Å²) in [6.45, 7) is 0.324. The second kappa shape index (κ2) is 9.39. The summed E-state index contributed by atoms with van der Waals surface area (Å²) in [5.41, 5.74) is 0. The predicted octanol–water partition coefficient (Wildman–Crippen LogP) is 4.23. The van der Waals surface area contributed by atoms with E-state index in [0.29, 0.717) is 18.6 Å². The van der Waals surface area contributed by atoms with Crippen LogP contribution in [0.4, 0.5) is 0 Å². The lowest BCUT2D eigenvalue weighted by Gasteiger charge is -2.41. The van der Waals surface area contributed by atoms with E-state index in [9.17, 15) is 13.2 Å². The molecule has 0 bridgehead atoms. The van der Waals surface area contributed by atoms with Crippen molar-refractivity contribution >= 4 is 15.9 Å². The largest absolute Gasteiger partial charge is 0.377 e. The first-order valence-corrected chi connectivity index (χ1v) is 13.1. The number of carbonyl (C=O) groups excluding carboxylic acids is 1. The molecular weight excluding hydrogens is 398 g/mol. The number of carbonyl (C=O) groups is 1. The molecule has 1 heterocycles. The molecule has 4 rings (SSSR count). The Bertz CT molecular complexity index is 815. The predicted molar refractivity (Wildman–Crippen MR) is 118 cm³/mol.